The number of amides is 1. The summed E-state index contributed by atoms with van der Waals surface area (Å²) in [5.74, 6) is 0.448. The minimum Gasteiger partial charge on any atom is -0.447 e. The number of carbonyl (C=O) groups is 2. The molecule has 0 bridgehead atoms. The van der Waals surface area contributed by atoms with Crippen LogP contribution >= 0.6 is 39.3 Å². The molecule has 2 aromatic carbocycles. The number of unbranched alkanes of at least 4 members (excludes halogenated alkanes) is 3. The van der Waals surface area contributed by atoms with Crippen molar-refractivity contribution in [3.05, 3.63) is 51.5 Å². The van der Waals surface area contributed by atoms with Gasteiger partial charge in [0.15, 0.2) is 11.4 Å². The smallest absolute Gasteiger partial charge is 0.308 e. The number of aromatic nitrogens is 3. The molecule has 194 valence electrons. The molecular formula is C26H26BrClN4O4S. The Bertz CT molecular complexity index is 1330. The van der Waals surface area contributed by atoms with Gasteiger partial charge in [-0.1, -0.05) is 67.7 Å². The van der Waals surface area contributed by atoms with Gasteiger partial charge in [0.05, 0.1) is 15.7 Å². The molecule has 0 spiro atoms. The number of fused-ring (bicyclic) bond motifs is 3. The summed E-state index contributed by atoms with van der Waals surface area (Å²) >= 11 is 11.3. The molecule has 0 radical (unpaired) electrons. The van der Waals surface area contributed by atoms with Crippen molar-refractivity contribution in [2.24, 2.45) is 0 Å². The number of hydrogen-bond acceptors (Lipinski definition) is 8. The first-order valence-corrected chi connectivity index (χ1v) is 14.1. The highest BCUT2D eigenvalue weighted by molar-refractivity contribution is 9.10. The van der Waals surface area contributed by atoms with E-state index in [1.165, 1.54) is 36.9 Å². The third kappa shape index (κ3) is 6.25. The Morgan fingerprint density at radius 3 is 2.68 bits per heavy atom. The predicted molar refractivity (Wildman–Crippen MR) is 147 cm³/mol. The molecular weight excluding hydrogens is 580 g/mol. The lowest BCUT2D eigenvalue weighted by molar-refractivity contribution is -0.132. The fourth-order valence-corrected chi connectivity index (χ4v) is 5.72. The molecule has 0 saturated carbocycles. The van der Waals surface area contributed by atoms with Gasteiger partial charge in [0.2, 0.25) is 23.2 Å². The molecule has 1 unspecified atom stereocenters. The lowest BCUT2D eigenvalue weighted by atomic mass is 10.1. The van der Waals surface area contributed by atoms with Gasteiger partial charge in [-0.15, -0.1) is 10.2 Å². The highest BCUT2D eigenvalue weighted by Crippen LogP contribution is 2.46. The molecule has 3 aromatic rings. The first-order valence-electron chi connectivity index (χ1n) is 11.9. The number of anilines is 1. The molecule has 0 saturated heterocycles. The van der Waals surface area contributed by atoms with E-state index in [1.54, 1.807) is 18.2 Å². The zero-order chi connectivity index (χ0) is 26.5. The molecule has 1 aliphatic heterocycles. The average Bonchev–Trinajstić information content (AvgIpc) is 2.99. The Hall–Kier alpha value is -2.69. The molecule has 11 heteroatoms. The number of hydrogen-bond donors (Lipinski definition) is 0. The lowest BCUT2D eigenvalue weighted by Crippen LogP contribution is -2.36. The topological polar surface area (TPSA) is 94.5 Å². The van der Waals surface area contributed by atoms with Gasteiger partial charge in [-0.3, -0.25) is 14.5 Å². The summed E-state index contributed by atoms with van der Waals surface area (Å²) < 4.78 is 12.4. The summed E-state index contributed by atoms with van der Waals surface area (Å²) in [6, 6.07) is 10.5. The van der Waals surface area contributed by atoms with Crippen LogP contribution in [0, 0.1) is 0 Å². The number of carbonyl (C=O) groups excluding carboxylic acids is 2. The molecule has 1 atom stereocenters. The summed E-state index contributed by atoms with van der Waals surface area (Å²) in [5, 5.41) is 9.62. The Balaban J connectivity index is 1.84. The molecule has 8 nitrogen and oxygen atoms in total. The van der Waals surface area contributed by atoms with E-state index in [9.17, 15) is 9.59 Å². The normalized spacial score (nSPS) is 14.3. The van der Waals surface area contributed by atoms with Gasteiger partial charge in [-0.05, 0) is 40.5 Å². The number of esters is 1. The fraction of sp³-hybridized carbons (Fsp3) is 0.346. The van der Waals surface area contributed by atoms with E-state index >= 15 is 0 Å². The summed E-state index contributed by atoms with van der Waals surface area (Å²) in [4.78, 5) is 31.2. The highest BCUT2D eigenvalue weighted by atomic mass is 79.9. The molecule has 1 aliphatic rings. The monoisotopic (exact) mass is 604 g/mol. The van der Waals surface area contributed by atoms with Crippen LogP contribution in [-0.4, -0.2) is 32.8 Å². The molecule has 2 heterocycles. The first kappa shape index (κ1) is 27.3. The van der Waals surface area contributed by atoms with Gasteiger partial charge in [0.25, 0.3) is 0 Å². The maximum Gasteiger partial charge on any atom is 0.308 e. The van der Waals surface area contributed by atoms with Gasteiger partial charge >= 0.3 is 5.97 Å². The highest BCUT2D eigenvalue weighted by Gasteiger charge is 2.37. The Morgan fingerprint density at radius 1 is 1.16 bits per heavy atom. The van der Waals surface area contributed by atoms with E-state index in [1.807, 2.05) is 18.2 Å². The largest absolute Gasteiger partial charge is 0.447 e. The van der Waals surface area contributed by atoms with Crippen molar-refractivity contribution in [1.29, 1.82) is 0 Å². The second-order valence-corrected chi connectivity index (χ2v) is 10.8. The van der Waals surface area contributed by atoms with Crippen LogP contribution in [0.15, 0.2) is 46.0 Å². The first-order chi connectivity index (χ1) is 17.8. The van der Waals surface area contributed by atoms with Gasteiger partial charge < -0.3 is 9.47 Å². The van der Waals surface area contributed by atoms with Gasteiger partial charge in [0.1, 0.15) is 0 Å². The third-order valence-corrected chi connectivity index (χ3v) is 7.36. The third-order valence-electron chi connectivity index (χ3n) is 5.63. The summed E-state index contributed by atoms with van der Waals surface area (Å²) in [7, 11) is 0. The van der Waals surface area contributed by atoms with Crippen LogP contribution in [0.4, 0.5) is 5.69 Å². The van der Waals surface area contributed by atoms with Gasteiger partial charge in [-0.2, -0.15) is 4.98 Å². The molecule has 37 heavy (non-hydrogen) atoms. The zero-order valence-corrected chi connectivity index (χ0v) is 23.8. The molecule has 1 amide bonds. The van der Waals surface area contributed by atoms with Crippen LogP contribution in [0.3, 0.4) is 0 Å². The van der Waals surface area contributed by atoms with Crippen molar-refractivity contribution in [1.82, 2.24) is 15.2 Å². The Kier molecular flexibility index (Phi) is 9.04. The minimum absolute atomic E-state index is 0.196. The number of nitrogens with zero attached hydrogens (tertiary/aromatic N) is 4. The Labute approximate surface area is 233 Å². The van der Waals surface area contributed by atoms with E-state index in [-0.39, 0.29) is 17.5 Å². The van der Waals surface area contributed by atoms with Crippen LogP contribution in [-0.2, 0) is 9.59 Å². The van der Waals surface area contributed by atoms with E-state index < -0.39 is 12.2 Å². The lowest BCUT2D eigenvalue weighted by Gasteiger charge is -2.31. The minimum atomic E-state index is -1.05. The van der Waals surface area contributed by atoms with E-state index in [0.29, 0.717) is 37.2 Å². The van der Waals surface area contributed by atoms with Gasteiger partial charge in [0, 0.05) is 30.2 Å². The maximum atomic E-state index is 13.1. The number of benzene rings is 2. The SMILES string of the molecule is CCCCCCSc1nnc2c(n1)OC(c1cc(Cl)cc(Br)c1OC(C)=O)N(C(C)=O)c1ccccc1-2. The predicted octanol–water partition coefficient (Wildman–Crippen LogP) is 7.00. The van der Waals surface area contributed by atoms with Crippen LogP contribution in [0.1, 0.15) is 58.2 Å². The molecule has 1 aromatic heterocycles. The van der Waals surface area contributed by atoms with Crippen LogP contribution in [0.5, 0.6) is 11.6 Å². The van der Waals surface area contributed by atoms with Crippen molar-refractivity contribution in [3.63, 3.8) is 0 Å². The van der Waals surface area contributed by atoms with Crippen molar-refractivity contribution in [3.8, 4) is 22.9 Å². The maximum absolute atomic E-state index is 13.1. The number of para-hydroxylation sites is 1. The Morgan fingerprint density at radius 2 is 1.95 bits per heavy atom. The molecule has 4 rings (SSSR count). The van der Waals surface area contributed by atoms with E-state index in [4.69, 9.17) is 21.1 Å². The zero-order valence-electron chi connectivity index (χ0n) is 20.7. The number of halogens is 2. The average molecular weight is 606 g/mol. The van der Waals surface area contributed by atoms with Crippen molar-refractivity contribution in [2.75, 3.05) is 10.7 Å². The summed E-state index contributed by atoms with van der Waals surface area (Å²) in [5.41, 5.74) is 1.99. The van der Waals surface area contributed by atoms with Crippen molar-refractivity contribution >= 4 is 56.9 Å². The van der Waals surface area contributed by atoms with E-state index in [0.717, 1.165) is 25.0 Å². The second-order valence-electron chi connectivity index (χ2n) is 8.43. The number of ether oxygens (including phenoxy) is 2. The van der Waals surface area contributed by atoms with Gasteiger partial charge in [-0.25, -0.2) is 0 Å². The number of thioether (sulfide) groups is 1. The summed E-state index contributed by atoms with van der Waals surface area (Å²) in [6.07, 6.45) is 3.49. The molecule has 0 N–H and O–H groups in total. The van der Waals surface area contributed by atoms with E-state index in [2.05, 4.69) is 38.0 Å². The molecule has 0 fully saturated rings. The van der Waals surface area contributed by atoms with Crippen LogP contribution < -0.4 is 14.4 Å². The van der Waals surface area contributed by atoms with Crippen molar-refractivity contribution < 1.29 is 19.1 Å². The van der Waals surface area contributed by atoms with Crippen LogP contribution in [0.2, 0.25) is 5.02 Å². The van der Waals surface area contributed by atoms with Crippen molar-refractivity contribution in [2.45, 2.75) is 57.8 Å². The van der Waals surface area contributed by atoms with Crippen LogP contribution in [0.25, 0.3) is 11.3 Å². The second kappa shape index (κ2) is 12.2. The quantitative estimate of drug-likeness (QED) is 0.117. The standard InChI is InChI=1S/C26H26BrClN4O4S/c1-4-5-6-9-12-37-26-29-24-22(30-31-26)18-10-7-8-11-21(18)32(15(2)33)25(36-24)19-13-17(28)14-20(27)23(19)35-16(3)34/h7-8,10-11,13-14,25H,4-6,9,12H2,1-3H3. The fourth-order valence-electron chi connectivity index (χ4n) is 4.02. The summed E-state index contributed by atoms with van der Waals surface area (Å²) in [6.45, 7) is 4.91. The molecule has 0 aliphatic carbocycles. The number of rotatable bonds is 8.